The SMILES string of the molecule is CCOC(=O)C(C)=C(C)c1ccc(OC)cc1. The van der Waals surface area contributed by atoms with Crippen LogP contribution in [0.1, 0.15) is 26.3 Å². The van der Waals surface area contributed by atoms with Crippen molar-refractivity contribution in [3.8, 4) is 5.75 Å². The highest BCUT2D eigenvalue weighted by atomic mass is 16.5. The molecule has 0 aliphatic carbocycles. The monoisotopic (exact) mass is 234 g/mol. The van der Waals surface area contributed by atoms with E-state index in [-0.39, 0.29) is 5.97 Å². The molecule has 0 saturated heterocycles. The number of methoxy groups -OCH3 is 1. The van der Waals surface area contributed by atoms with Crippen LogP contribution in [0.4, 0.5) is 0 Å². The van der Waals surface area contributed by atoms with E-state index in [2.05, 4.69) is 0 Å². The Morgan fingerprint density at radius 3 is 2.24 bits per heavy atom. The molecule has 0 N–H and O–H groups in total. The lowest BCUT2D eigenvalue weighted by molar-refractivity contribution is -0.138. The van der Waals surface area contributed by atoms with Crippen molar-refractivity contribution in [2.45, 2.75) is 20.8 Å². The molecule has 0 bridgehead atoms. The Labute approximate surface area is 102 Å². The van der Waals surface area contributed by atoms with Gasteiger partial charge in [0, 0.05) is 5.57 Å². The molecule has 1 rings (SSSR count). The van der Waals surface area contributed by atoms with Gasteiger partial charge in [-0.25, -0.2) is 4.79 Å². The Morgan fingerprint density at radius 1 is 1.18 bits per heavy atom. The molecule has 0 radical (unpaired) electrons. The zero-order chi connectivity index (χ0) is 12.8. The van der Waals surface area contributed by atoms with E-state index in [1.165, 1.54) is 0 Å². The van der Waals surface area contributed by atoms with Gasteiger partial charge in [-0.2, -0.15) is 0 Å². The van der Waals surface area contributed by atoms with Crippen molar-refractivity contribution in [1.29, 1.82) is 0 Å². The van der Waals surface area contributed by atoms with Gasteiger partial charge in [0.1, 0.15) is 5.75 Å². The maximum absolute atomic E-state index is 11.6. The summed E-state index contributed by atoms with van der Waals surface area (Å²) < 4.78 is 10.1. The van der Waals surface area contributed by atoms with Crippen LogP contribution in [0, 0.1) is 0 Å². The van der Waals surface area contributed by atoms with E-state index in [4.69, 9.17) is 9.47 Å². The number of ether oxygens (including phenoxy) is 2. The third-order valence-electron chi connectivity index (χ3n) is 2.67. The van der Waals surface area contributed by atoms with Gasteiger partial charge >= 0.3 is 5.97 Å². The van der Waals surface area contributed by atoms with Gasteiger partial charge in [-0.15, -0.1) is 0 Å². The lowest BCUT2D eigenvalue weighted by Gasteiger charge is -2.08. The third-order valence-corrected chi connectivity index (χ3v) is 2.67. The molecule has 0 aliphatic rings. The number of carbonyl (C=O) groups excluding carboxylic acids is 1. The molecule has 0 atom stereocenters. The second kappa shape index (κ2) is 6.09. The lowest BCUT2D eigenvalue weighted by Crippen LogP contribution is -2.06. The molecule has 1 aromatic rings. The number of hydrogen-bond acceptors (Lipinski definition) is 3. The summed E-state index contributed by atoms with van der Waals surface area (Å²) in [6.45, 7) is 5.88. The van der Waals surface area contributed by atoms with Gasteiger partial charge in [0.15, 0.2) is 0 Å². The Kier molecular flexibility index (Phi) is 4.76. The minimum Gasteiger partial charge on any atom is -0.497 e. The lowest BCUT2D eigenvalue weighted by atomic mass is 10.0. The van der Waals surface area contributed by atoms with E-state index in [0.29, 0.717) is 12.2 Å². The number of benzene rings is 1. The van der Waals surface area contributed by atoms with Crippen LogP contribution in [0.5, 0.6) is 5.75 Å². The normalized spacial score (nSPS) is 11.8. The number of allylic oxidation sites excluding steroid dienone is 1. The van der Waals surface area contributed by atoms with Crippen LogP contribution in [-0.2, 0) is 9.53 Å². The van der Waals surface area contributed by atoms with Gasteiger partial charge in [0.05, 0.1) is 13.7 Å². The molecular formula is C14H18O3. The average Bonchev–Trinajstić information content (AvgIpc) is 2.37. The first-order chi connectivity index (χ1) is 8.10. The number of rotatable bonds is 4. The molecule has 0 fully saturated rings. The molecule has 0 heterocycles. The minimum atomic E-state index is -0.263. The van der Waals surface area contributed by atoms with Crippen molar-refractivity contribution >= 4 is 11.5 Å². The van der Waals surface area contributed by atoms with Crippen LogP contribution >= 0.6 is 0 Å². The van der Waals surface area contributed by atoms with Crippen molar-refractivity contribution in [2.75, 3.05) is 13.7 Å². The van der Waals surface area contributed by atoms with Crippen molar-refractivity contribution in [3.05, 3.63) is 35.4 Å². The molecular weight excluding hydrogens is 216 g/mol. The van der Waals surface area contributed by atoms with Crippen molar-refractivity contribution in [2.24, 2.45) is 0 Å². The van der Waals surface area contributed by atoms with E-state index < -0.39 is 0 Å². The van der Waals surface area contributed by atoms with Gasteiger partial charge in [-0.05, 0) is 44.0 Å². The Morgan fingerprint density at radius 2 is 1.76 bits per heavy atom. The van der Waals surface area contributed by atoms with Crippen molar-refractivity contribution < 1.29 is 14.3 Å². The maximum atomic E-state index is 11.6. The topological polar surface area (TPSA) is 35.5 Å². The second-order valence-corrected chi connectivity index (χ2v) is 3.70. The predicted molar refractivity (Wildman–Crippen MR) is 67.9 cm³/mol. The van der Waals surface area contributed by atoms with Gasteiger partial charge < -0.3 is 9.47 Å². The molecule has 1 aromatic carbocycles. The summed E-state index contributed by atoms with van der Waals surface area (Å²) in [5.74, 6) is 0.538. The minimum absolute atomic E-state index is 0.263. The van der Waals surface area contributed by atoms with Crippen molar-refractivity contribution in [3.63, 3.8) is 0 Å². The van der Waals surface area contributed by atoms with Crippen LogP contribution in [0.15, 0.2) is 29.8 Å². The van der Waals surface area contributed by atoms with Gasteiger partial charge in [-0.3, -0.25) is 0 Å². The third kappa shape index (κ3) is 3.34. The van der Waals surface area contributed by atoms with Crippen LogP contribution in [-0.4, -0.2) is 19.7 Å². The van der Waals surface area contributed by atoms with Gasteiger partial charge in [0.2, 0.25) is 0 Å². The summed E-state index contributed by atoms with van der Waals surface area (Å²) in [7, 11) is 1.63. The molecule has 92 valence electrons. The first-order valence-corrected chi connectivity index (χ1v) is 5.59. The van der Waals surface area contributed by atoms with Gasteiger partial charge in [-0.1, -0.05) is 12.1 Å². The summed E-state index contributed by atoms with van der Waals surface area (Å²) in [6.07, 6.45) is 0. The summed E-state index contributed by atoms with van der Waals surface area (Å²) in [4.78, 5) is 11.6. The summed E-state index contributed by atoms with van der Waals surface area (Å²) >= 11 is 0. The fourth-order valence-electron chi connectivity index (χ4n) is 1.45. The fourth-order valence-corrected chi connectivity index (χ4v) is 1.45. The Bertz CT molecular complexity index is 416. The van der Waals surface area contributed by atoms with Crippen molar-refractivity contribution in [1.82, 2.24) is 0 Å². The largest absolute Gasteiger partial charge is 0.497 e. The molecule has 3 heteroatoms. The summed E-state index contributed by atoms with van der Waals surface area (Å²) in [5.41, 5.74) is 2.56. The van der Waals surface area contributed by atoms with Crippen LogP contribution in [0.2, 0.25) is 0 Å². The molecule has 0 aromatic heterocycles. The maximum Gasteiger partial charge on any atom is 0.333 e. The molecule has 3 nitrogen and oxygen atoms in total. The number of carbonyl (C=O) groups is 1. The highest BCUT2D eigenvalue weighted by molar-refractivity contribution is 5.96. The quantitative estimate of drug-likeness (QED) is 0.593. The number of esters is 1. The Balaban J connectivity index is 2.97. The van der Waals surface area contributed by atoms with Crippen LogP contribution < -0.4 is 4.74 Å². The van der Waals surface area contributed by atoms with Gasteiger partial charge in [0.25, 0.3) is 0 Å². The summed E-state index contributed by atoms with van der Waals surface area (Å²) in [6, 6.07) is 7.60. The fraction of sp³-hybridized carbons (Fsp3) is 0.357. The summed E-state index contributed by atoms with van der Waals surface area (Å²) in [5, 5.41) is 0. The molecule has 0 amide bonds. The molecule has 0 saturated carbocycles. The first-order valence-electron chi connectivity index (χ1n) is 5.59. The van der Waals surface area contributed by atoms with E-state index >= 15 is 0 Å². The molecule has 0 spiro atoms. The molecule has 0 aliphatic heterocycles. The zero-order valence-electron chi connectivity index (χ0n) is 10.7. The second-order valence-electron chi connectivity index (χ2n) is 3.70. The smallest absolute Gasteiger partial charge is 0.333 e. The number of hydrogen-bond donors (Lipinski definition) is 0. The zero-order valence-corrected chi connectivity index (χ0v) is 10.7. The van der Waals surface area contributed by atoms with E-state index in [1.54, 1.807) is 21.0 Å². The van der Waals surface area contributed by atoms with Crippen LogP contribution in [0.25, 0.3) is 5.57 Å². The predicted octanol–water partition coefficient (Wildman–Crippen LogP) is 3.05. The Hall–Kier alpha value is -1.77. The molecule has 0 unspecified atom stereocenters. The molecule has 17 heavy (non-hydrogen) atoms. The highest BCUT2D eigenvalue weighted by Gasteiger charge is 2.09. The standard InChI is InChI=1S/C14H18O3/c1-5-17-14(15)11(3)10(2)12-6-8-13(16-4)9-7-12/h6-9H,5H2,1-4H3. The van der Waals surface area contributed by atoms with E-state index in [1.807, 2.05) is 31.2 Å². The average molecular weight is 234 g/mol. The van der Waals surface area contributed by atoms with E-state index in [9.17, 15) is 4.79 Å². The van der Waals surface area contributed by atoms with E-state index in [0.717, 1.165) is 16.9 Å². The highest BCUT2D eigenvalue weighted by Crippen LogP contribution is 2.21. The van der Waals surface area contributed by atoms with Crippen LogP contribution in [0.3, 0.4) is 0 Å². The first kappa shape index (κ1) is 13.3.